The lowest BCUT2D eigenvalue weighted by Crippen LogP contribution is -2.31. The number of nitrogens with one attached hydrogen (secondary N) is 1. The molecule has 1 nitrogen and oxygen atoms in total. The minimum absolute atomic E-state index is 0.640. The van der Waals surface area contributed by atoms with Crippen molar-refractivity contribution in [2.45, 2.75) is 85.1 Å². The molecule has 0 amide bonds. The van der Waals surface area contributed by atoms with Gasteiger partial charge in [0, 0.05) is 6.04 Å². The maximum Gasteiger partial charge on any atom is 0.0107 e. The molecule has 1 N–H and O–H groups in total. The van der Waals surface area contributed by atoms with Gasteiger partial charge in [0.1, 0.15) is 0 Å². The molecule has 0 aliphatic carbocycles. The van der Waals surface area contributed by atoms with Gasteiger partial charge in [-0.3, -0.25) is 0 Å². The molecule has 0 radical (unpaired) electrons. The van der Waals surface area contributed by atoms with E-state index >= 15 is 0 Å². The predicted molar refractivity (Wildman–Crippen MR) is 95.1 cm³/mol. The Morgan fingerprint density at radius 2 is 1.67 bits per heavy atom. The molecular weight excluding hydrogens is 254 g/mol. The van der Waals surface area contributed by atoms with Gasteiger partial charge in [-0.15, -0.1) is 0 Å². The predicted octanol–water partition coefficient (Wildman–Crippen LogP) is 5.57. The van der Waals surface area contributed by atoms with Crippen molar-refractivity contribution in [2.75, 3.05) is 6.54 Å². The average molecular weight is 290 g/mol. The lowest BCUT2D eigenvalue weighted by atomic mass is 9.95. The molecular formula is C20H35N. The first-order chi connectivity index (χ1) is 10.2. The van der Waals surface area contributed by atoms with Crippen LogP contribution in [-0.4, -0.2) is 12.6 Å². The molecule has 0 spiro atoms. The van der Waals surface area contributed by atoms with Gasteiger partial charge in [0.05, 0.1) is 0 Å². The van der Waals surface area contributed by atoms with Gasteiger partial charge >= 0.3 is 0 Å². The van der Waals surface area contributed by atoms with Crippen LogP contribution in [0, 0.1) is 13.8 Å². The second-order valence-corrected chi connectivity index (χ2v) is 6.45. The summed E-state index contributed by atoms with van der Waals surface area (Å²) >= 11 is 0. The normalized spacial score (nSPS) is 12.6. The first-order valence-electron chi connectivity index (χ1n) is 8.96. The van der Waals surface area contributed by atoms with E-state index < -0.39 is 0 Å². The summed E-state index contributed by atoms with van der Waals surface area (Å²) in [6.45, 7) is 10.0. The van der Waals surface area contributed by atoms with Crippen molar-refractivity contribution in [3.8, 4) is 0 Å². The zero-order chi connectivity index (χ0) is 15.5. The van der Waals surface area contributed by atoms with E-state index in [1.165, 1.54) is 68.1 Å². The van der Waals surface area contributed by atoms with Crippen molar-refractivity contribution in [2.24, 2.45) is 0 Å². The number of likely N-dealkylation sites (N-methyl/N-ethyl adjacent to an activating group) is 1. The summed E-state index contributed by atoms with van der Waals surface area (Å²) in [6, 6.07) is 7.48. The van der Waals surface area contributed by atoms with Crippen LogP contribution in [0.3, 0.4) is 0 Å². The Morgan fingerprint density at radius 3 is 2.38 bits per heavy atom. The van der Waals surface area contributed by atoms with Crippen LogP contribution in [0.25, 0.3) is 0 Å². The molecule has 0 saturated heterocycles. The zero-order valence-corrected chi connectivity index (χ0v) is 14.7. The maximum atomic E-state index is 3.68. The summed E-state index contributed by atoms with van der Waals surface area (Å²) < 4.78 is 0. The smallest absolute Gasteiger partial charge is 0.0107 e. The Balaban J connectivity index is 2.40. The van der Waals surface area contributed by atoms with E-state index in [1.807, 2.05) is 0 Å². The zero-order valence-electron chi connectivity index (χ0n) is 14.7. The fourth-order valence-electron chi connectivity index (χ4n) is 3.02. The molecule has 1 aromatic rings. The van der Waals surface area contributed by atoms with Crippen LogP contribution in [0.4, 0.5) is 0 Å². The number of aryl methyl sites for hydroxylation is 2. The van der Waals surface area contributed by atoms with Crippen LogP contribution in [0.15, 0.2) is 18.2 Å². The van der Waals surface area contributed by atoms with E-state index in [-0.39, 0.29) is 0 Å². The standard InChI is InChI=1S/C20H35N/c1-5-7-8-9-10-11-12-20(21-6-2)16-19-15-17(3)13-14-18(19)4/h13-15,20-21H,5-12,16H2,1-4H3. The van der Waals surface area contributed by atoms with Crippen molar-refractivity contribution < 1.29 is 0 Å². The molecule has 120 valence electrons. The van der Waals surface area contributed by atoms with Crippen molar-refractivity contribution in [3.05, 3.63) is 34.9 Å². The van der Waals surface area contributed by atoms with E-state index in [0.29, 0.717) is 6.04 Å². The number of hydrogen-bond acceptors (Lipinski definition) is 1. The SMILES string of the molecule is CCCCCCCCC(Cc1cc(C)ccc1C)NCC. The van der Waals surface area contributed by atoms with Gasteiger partial charge in [-0.05, 0) is 44.4 Å². The van der Waals surface area contributed by atoms with Crippen LogP contribution in [-0.2, 0) is 6.42 Å². The lowest BCUT2D eigenvalue weighted by molar-refractivity contribution is 0.459. The topological polar surface area (TPSA) is 12.0 Å². The van der Waals surface area contributed by atoms with E-state index in [9.17, 15) is 0 Å². The molecule has 21 heavy (non-hydrogen) atoms. The second-order valence-electron chi connectivity index (χ2n) is 6.45. The molecule has 0 aliphatic rings. The molecule has 1 atom stereocenters. The highest BCUT2D eigenvalue weighted by atomic mass is 14.9. The Morgan fingerprint density at radius 1 is 0.952 bits per heavy atom. The van der Waals surface area contributed by atoms with Crippen LogP contribution in [0.5, 0.6) is 0 Å². The van der Waals surface area contributed by atoms with Crippen LogP contribution >= 0.6 is 0 Å². The van der Waals surface area contributed by atoms with Crippen molar-refractivity contribution in [1.82, 2.24) is 5.32 Å². The average Bonchev–Trinajstić information content (AvgIpc) is 2.46. The minimum atomic E-state index is 0.640. The van der Waals surface area contributed by atoms with E-state index in [0.717, 1.165) is 6.54 Å². The van der Waals surface area contributed by atoms with Crippen LogP contribution in [0.1, 0.15) is 75.5 Å². The summed E-state index contributed by atoms with van der Waals surface area (Å²) in [5.41, 5.74) is 4.34. The first kappa shape index (κ1) is 18.2. The molecule has 1 rings (SSSR count). The van der Waals surface area contributed by atoms with Gasteiger partial charge in [0.2, 0.25) is 0 Å². The highest BCUT2D eigenvalue weighted by Gasteiger charge is 2.10. The largest absolute Gasteiger partial charge is 0.314 e. The summed E-state index contributed by atoms with van der Waals surface area (Å²) in [4.78, 5) is 0. The molecule has 0 aliphatic heterocycles. The third-order valence-electron chi connectivity index (χ3n) is 4.37. The van der Waals surface area contributed by atoms with Gasteiger partial charge in [-0.1, -0.05) is 76.1 Å². The molecule has 0 fully saturated rings. The van der Waals surface area contributed by atoms with Crippen molar-refractivity contribution >= 4 is 0 Å². The highest BCUT2D eigenvalue weighted by molar-refractivity contribution is 5.31. The number of unbranched alkanes of at least 4 members (excludes halogenated alkanes) is 5. The van der Waals surface area contributed by atoms with Crippen molar-refractivity contribution in [1.29, 1.82) is 0 Å². The van der Waals surface area contributed by atoms with Gasteiger partial charge in [0.15, 0.2) is 0 Å². The quantitative estimate of drug-likeness (QED) is 0.525. The molecule has 1 aromatic carbocycles. The molecule has 0 aromatic heterocycles. The maximum absolute atomic E-state index is 3.68. The lowest BCUT2D eigenvalue weighted by Gasteiger charge is -2.19. The molecule has 1 unspecified atom stereocenters. The van der Waals surface area contributed by atoms with E-state index in [2.05, 4.69) is 51.2 Å². The van der Waals surface area contributed by atoms with Gasteiger partial charge in [-0.25, -0.2) is 0 Å². The van der Waals surface area contributed by atoms with Crippen molar-refractivity contribution in [3.63, 3.8) is 0 Å². The van der Waals surface area contributed by atoms with Gasteiger partial charge in [0.25, 0.3) is 0 Å². The number of hydrogen-bond donors (Lipinski definition) is 1. The monoisotopic (exact) mass is 289 g/mol. The molecule has 0 heterocycles. The summed E-state index contributed by atoms with van der Waals surface area (Å²) in [7, 11) is 0. The number of rotatable bonds is 11. The Bertz CT molecular complexity index is 383. The number of benzene rings is 1. The summed E-state index contributed by atoms with van der Waals surface area (Å²) in [5.74, 6) is 0. The summed E-state index contributed by atoms with van der Waals surface area (Å²) in [6.07, 6.45) is 10.8. The highest BCUT2D eigenvalue weighted by Crippen LogP contribution is 2.16. The molecule has 0 bridgehead atoms. The van der Waals surface area contributed by atoms with Gasteiger partial charge < -0.3 is 5.32 Å². The van der Waals surface area contributed by atoms with E-state index in [1.54, 1.807) is 0 Å². The third-order valence-corrected chi connectivity index (χ3v) is 4.37. The van der Waals surface area contributed by atoms with Crippen LogP contribution < -0.4 is 5.32 Å². The molecule has 1 heteroatoms. The Kier molecular flexibility index (Phi) is 9.41. The Hall–Kier alpha value is -0.820. The second kappa shape index (κ2) is 10.8. The minimum Gasteiger partial charge on any atom is -0.314 e. The fraction of sp³-hybridized carbons (Fsp3) is 0.700. The molecule has 0 saturated carbocycles. The van der Waals surface area contributed by atoms with E-state index in [4.69, 9.17) is 0 Å². The van der Waals surface area contributed by atoms with Crippen LogP contribution in [0.2, 0.25) is 0 Å². The third kappa shape index (κ3) is 7.66. The summed E-state index contributed by atoms with van der Waals surface area (Å²) in [5, 5.41) is 3.68. The fourth-order valence-corrected chi connectivity index (χ4v) is 3.02. The Labute approximate surface area is 132 Å². The van der Waals surface area contributed by atoms with Gasteiger partial charge in [-0.2, -0.15) is 0 Å². The first-order valence-corrected chi connectivity index (χ1v) is 8.96.